The number of hydrogen-bond donors (Lipinski definition) is 2. The summed E-state index contributed by atoms with van der Waals surface area (Å²) in [6, 6.07) is 11.3. The number of halogens is 1. The average Bonchev–Trinajstić information content (AvgIpc) is 3.17. The van der Waals surface area contributed by atoms with E-state index in [1.807, 2.05) is 31.4 Å². The van der Waals surface area contributed by atoms with Gasteiger partial charge in [0, 0.05) is 17.8 Å². The summed E-state index contributed by atoms with van der Waals surface area (Å²) in [6.07, 6.45) is 3.11. The van der Waals surface area contributed by atoms with Gasteiger partial charge in [0.25, 0.3) is 0 Å². The molecule has 0 unspecified atom stereocenters. The molecule has 4 N–H and O–H groups in total. The Morgan fingerprint density at radius 3 is 2.58 bits per heavy atom. The second-order valence-electron chi connectivity index (χ2n) is 8.01. The minimum absolute atomic E-state index is 0.0588. The number of hydrogen-bond acceptors (Lipinski definition) is 5. The lowest BCUT2D eigenvalue weighted by molar-refractivity contribution is 0.104. The number of nitrogens with two attached hydrogens (primary N) is 2. The number of primary amides is 1. The predicted octanol–water partition coefficient (Wildman–Crippen LogP) is 5.00. The molecule has 0 fully saturated rings. The van der Waals surface area contributed by atoms with Crippen LogP contribution in [-0.2, 0) is 0 Å². The van der Waals surface area contributed by atoms with Crippen molar-refractivity contribution >= 4 is 51.6 Å². The highest BCUT2D eigenvalue weighted by Gasteiger charge is 2.23. The molecule has 2 aromatic heterocycles. The van der Waals surface area contributed by atoms with E-state index in [2.05, 4.69) is 9.97 Å². The van der Waals surface area contributed by atoms with Crippen LogP contribution in [0.15, 0.2) is 55.0 Å². The van der Waals surface area contributed by atoms with Gasteiger partial charge in [-0.05, 0) is 50.6 Å². The highest BCUT2D eigenvalue weighted by atomic mass is 35.5. The first-order valence-corrected chi connectivity index (χ1v) is 10.7. The van der Waals surface area contributed by atoms with Crippen LogP contribution in [0.4, 0.5) is 22.0 Å². The van der Waals surface area contributed by atoms with Crippen molar-refractivity contribution in [2.24, 2.45) is 5.73 Å². The number of carbonyl (C=O) groups is 2. The van der Waals surface area contributed by atoms with E-state index >= 15 is 0 Å². The second-order valence-corrected chi connectivity index (χ2v) is 8.42. The number of urea groups is 1. The summed E-state index contributed by atoms with van der Waals surface area (Å²) in [5.74, 6) is -0.0493. The fourth-order valence-corrected chi connectivity index (χ4v) is 4.00. The highest BCUT2D eigenvalue weighted by Crippen LogP contribution is 2.34. The SMILES string of the molecule is Cc1ccc(Cl)c(N(C(N)=O)c2cccc(C(=O)c3cn(C(C)C)c4ncnc(N)c34)c2)c1. The van der Waals surface area contributed by atoms with Crippen molar-refractivity contribution in [2.75, 3.05) is 10.6 Å². The van der Waals surface area contributed by atoms with Crippen molar-refractivity contribution in [3.8, 4) is 0 Å². The van der Waals surface area contributed by atoms with Crippen LogP contribution in [0.1, 0.15) is 41.4 Å². The Morgan fingerprint density at radius 1 is 1.12 bits per heavy atom. The maximum atomic E-state index is 13.6. The number of rotatable bonds is 5. The van der Waals surface area contributed by atoms with E-state index in [0.29, 0.717) is 38.6 Å². The fraction of sp³-hybridized carbons (Fsp3) is 0.167. The zero-order valence-corrected chi connectivity index (χ0v) is 19.2. The molecular formula is C24H23ClN6O2. The largest absolute Gasteiger partial charge is 0.383 e. The summed E-state index contributed by atoms with van der Waals surface area (Å²) in [5, 5.41) is 0.858. The van der Waals surface area contributed by atoms with E-state index in [-0.39, 0.29) is 17.6 Å². The van der Waals surface area contributed by atoms with Gasteiger partial charge in [-0.2, -0.15) is 0 Å². The van der Waals surface area contributed by atoms with Gasteiger partial charge < -0.3 is 16.0 Å². The zero-order valence-electron chi connectivity index (χ0n) is 18.4. The van der Waals surface area contributed by atoms with Crippen molar-refractivity contribution in [3.63, 3.8) is 0 Å². The molecule has 0 saturated carbocycles. The number of benzene rings is 2. The Labute approximate surface area is 195 Å². The number of carbonyl (C=O) groups excluding carboxylic acids is 2. The van der Waals surface area contributed by atoms with Crippen LogP contribution in [0, 0.1) is 6.92 Å². The lowest BCUT2D eigenvalue weighted by atomic mass is 10.0. The molecule has 2 amide bonds. The third-order valence-electron chi connectivity index (χ3n) is 5.37. The Balaban J connectivity index is 1.84. The van der Waals surface area contributed by atoms with Gasteiger partial charge in [0.15, 0.2) is 5.78 Å². The summed E-state index contributed by atoms with van der Waals surface area (Å²) in [4.78, 5) is 35.6. The molecule has 9 heteroatoms. The summed E-state index contributed by atoms with van der Waals surface area (Å²) in [6.45, 7) is 5.86. The molecule has 0 aliphatic heterocycles. The molecule has 33 heavy (non-hydrogen) atoms. The third-order valence-corrected chi connectivity index (χ3v) is 5.69. The van der Waals surface area contributed by atoms with E-state index in [9.17, 15) is 9.59 Å². The number of nitrogens with zero attached hydrogens (tertiary/aromatic N) is 4. The van der Waals surface area contributed by atoms with Gasteiger partial charge in [-0.1, -0.05) is 29.8 Å². The third kappa shape index (κ3) is 4.01. The molecule has 0 spiro atoms. The summed E-state index contributed by atoms with van der Waals surface area (Å²) in [5.41, 5.74) is 14.9. The quantitative estimate of drug-likeness (QED) is 0.404. The minimum Gasteiger partial charge on any atom is -0.383 e. The summed E-state index contributed by atoms with van der Waals surface area (Å²) >= 11 is 6.35. The number of aryl methyl sites for hydroxylation is 1. The standard InChI is InChI=1S/C24H23ClN6O2/c1-13(2)30-11-17(20-22(26)28-12-29-23(20)30)21(32)15-5-4-6-16(10-15)31(24(27)33)19-9-14(3)7-8-18(19)25/h4-13H,1-3H3,(H2,27,33)(H2,26,28,29). The van der Waals surface area contributed by atoms with Crippen LogP contribution < -0.4 is 16.4 Å². The molecule has 0 aliphatic carbocycles. The van der Waals surface area contributed by atoms with Gasteiger partial charge in [-0.15, -0.1) is 0 Å². The number of amides is 2. The van der Waals surface area contributed by atoms with Crippen LogP contribution in [0.3, 0.4) is 0 Å². The molecule has 0 radical (unpaired) electrons. The molecule has 4 rings (SSSR count). The number of aromatic nitrogens is 3. The normalized spacial score (nSPS) is 11.2. The van der Waals surface area contributed by atoms with E-state index in [1.165, 1.54) is 11.2 Å². The minimum atomic E-state index is -0.721. The van der Waals surface area contributed by atoms with Gasteiger partial charge in [-0.3, -0.25) is 9.69 Å². The van der Waals surface area contributed by atoms with Gasteiger partial charge in [0.05, 0.1) is 27.3 Å². The zero-order chi connectivity index (χ0) is 23.9. The number of ketones is 1. The Kier molecular flexibility index (Phi) is 5.78. The van der Waals surface area contributed by atoms with Crippen molar-refractivity contribution in [1.29, 1.82) is 0 Å². The molecule has 0 saturated heterocycles. The van der Waals surface area contributed by atoms with Gasteiger partial charge in [0.1, 0.15) is 17.8 Å². The van der Waals surface area contributed by atoms with Gasteiger partial charge in [0.2, 0.25) is 0 Å². The van der Waals surface area contributed by atoms with Crippen molar-refractivity contribution in [3.05, 3.63) is 76.7 Å². The monoisotopic (exact) mass is 462 g/mol. The summed E-state index contributed by atoms with van der Waals surface area (Å²) < 4.78 is 1.88. The molecule has 2 aromatic carbocycles. The first-order chi connectivity index (χ1) is 15.7. The summed E-state index contributed by atoms with van der Waals surface area (Å²) in [7, 11) is 0. The Morgan fingerprint density at radius 2 is 1.88 bits per heavy atom. The van der Waals surface area contributed by atoms with E-state index < -0.39 is 6.03 Å². The Hall–Kier alpha value is -3.91. The molecule has 0 bridgehead atoms. The van der Waals surface area contributed by atoms with Crippen LogP contribution in [0.2, 0.25) is 5.02 Å². The smallest absolute Gasteiger partial charge is 0.323 e. The predicted molar refractivity (Wildman–Crippen MR) is 130 cm³/mol. The average molecular weight is 463 g/mol. The van der Waals surface area contributed by atoms with E-state index in [0.717, 1.165) is 5.56 Å². The molecule has 8 nitrogen and oxygen atoms in total. The maximum absolute atomic E-state index is 13.6. The van der Waals surface area contributed by atoms with Gasteiger partial charge >= 0.3 is 6.03 Å². The number of nitrogen functional groups attached to an aromatic ring is 1. The molecule has 4 aromatic rings. The van der Waals surface area contributed by atoms with E-state index in [1.54, 1.807) is 42.6 Å². The van der Waals surface area contributed by atoms with Crippen LogP contribution in [-0.4, -0.2) is 26.3 Å². The molecule has 0 aliphatic rings. The first kappa shape index (κ1) is 22.3. The molecular weight excluding hydrogens is 440 g/mol. The number of anilines is 3. The molecule has 0 atom stereocenters. The lowest BCUT2D eigenvalue weighted by Gasteiger charge is -2.22. The van der Waals surface area contributed by atoms with Crippen molar-refractivity contribution < 1.29 is 9.59 Å². The van der Waals surface area contributed by atoms with Crippen molar-refractivity contribution in [1.82, 2.24) is 14.5 Å². The Bertz CT molecular complexity index is 1400. The highest BCUT2D eigenvalue weighted by molar-refractivity contribution is 6.34. The van der Waals surface area contributed by atoms with Crippen LogP contribution in [0.25, 0.3) is 11.0 Å². The maximum Gasteiger partial charge on any atom is 0.323 e. The number of fused-ring (bicyclic) bond motifs is 1. The first-order valence-electron chi connectivity index (χ1n) is 10.3. The second kappa shape index (κ2) is 8.55. The van der Waals surface area contributed by atoms with Crippen molar-refractivity contribution in [2.45, 2.75) is 26.8 Å². The molecule has 168 valence electrons. The van der Waals surface area contributed by atoms with Crippen LogP contribution in [0.5, 0.6) is 0 Å². The fourth-order valence-electron chi connectivity index (χ4n) is 3.80. The van der Waals surface area contributed by atoms with E-state index in [4.69, 9.17) is 23.1 Å². The van der Waals surface area contributed by atoms with Crippen LogP contribution >= 0.6 is 11.6 Å². The molecule has 2 heterocycles. The lowest BCUT2D eigenvalue weighted by Crippen LogP contribution is -2.31. The topological polar surface area (TPSA) is 120 Å². The van der Waals surface area contributed by atoms with Gasteiger partial charge in [-0.25, -0.2) is 14.8 Å².